The SMILES string of the molecule is O=C(CCC1(c2cccc([N+](=O)[O-])c2)N=CON1)NCCCNc1n[nH]c(=O)c2ccccc12. The second-order valence-electron chi connectivity index (χ2n) is 7.70. The summed E-state index contributed by atoms with van der Waals surface area (Å²) in [5.41, 5.74) is 1.91. The van der Waals surface area contributed by atoms with E-state index in [1.807, 2.05) is 12.1 Å². The fraction of sp³-hybridized carbons (Fsp3) is 0.273. The van der Waals surface area contributed by atoms with Gasteiger partial charge in [0.1, 0.15) is 0 Å². The predicted octanol–water partition coefficient (Wildman–Crippen LogP) is 1.95. The first-order valence-electron chi connectivity index (χ1n) is 10.7. The molecule has 1 aliphatic rings. The predicted molar refractivity (Wildman–Crippen MR) is 125 cm³/mol. The molecule has 0 aliphatic carbocycles. The molecule has 1 aliphatic heterocycles. The number of carbonyl (C=O) groups excluding carboxylic acids is 1. The molecule has 4 N–H and O–H groups in total. The van der Waals surface area contributed by atoms with Crippen LogP contribution >= 0.6 is 0 Å². The van der Waals surface area contributed by atoms with E-state index in [-0.39, 0.29) is 30.0 Å². The van der Waals surface area contributed by atoms with Gasteiger partial charge in [0.15, 0.2) is 17.9 Å². The number of hydrogen-bond donors (Lipinski definition) is 4. The molecule has 2 heterocycles. The van der Waals surface area contributed by atoms with Gasteiger partial charge in [-0.1, -0.05) is 30.3 Å². The first-order chi connectivity index (χ1) is 16.5. The van der Waals surface area contributed by atoms with Gasteiger partial charge in [-0.3, -0.25) is 19.7 Å². The number of aliphatic imine (C=N–C) groups is 1. The van der Waals surface area contributed by atoms with Crippen molar-refractivity contribution in [3.05, 3.63) is 74.6 Å². The van der Waals surface area contributed by atoms with Crippen molar-refractivity contribution < 1.29 is 14.6 Å². The molecular formula is C22H23N7O5. The van der Waals surface area contributed by atoms with E-state index in [0.29, 0.717) is 36.3 Å². The van der Waals surface area contributed by atoms with Gasteiger partial charge in [-0.05, 0) is 12.5 Å². The summed E-state index contributed by atoms with van der Waals surface area (Å²) >= 11 is 0. The third kappa shape index (κ3) is 5.02. The van der Waals surface area contributed by atoms with E-state index in [1.165, 1.54) is 18.5 Å². The maximum atomic E-state index is 12.4. The summed E-state index contributed by atoms with van der Waals surface area (Å²) in [5, 5.41) is 24.9. The van der Waals surface area contributed by atoms with Crippen LogP contribution in [0.3, 0.4) is 0 Å². The van der Waals surface area contributed by atoms with Gasteiger partial charge in [0, 0.05) is 49.0 Å². The van der Waals surface area contributed by atoms with Crippen LogP contribution in [0.25, 0.3) is 10.8 Å². The first kappa shape index (κ1) is 22.9. The van der Waals surface area contributed by atoms with Crippen molar-refractivity contribution in [3.63, 3.8) is 0 Å². The molecule has 0 saturated carbocycles. The van der Waals surface area contributed by atoms with Crippen molar-refractivity contribution in [2.24, 2.45) is 4.99 Å². The second kappa shape index (κ2) is 10.1. The molecule has 2 aromatic carbocycles. The van der Waals surface area contributed by atoms with Crippen molar-refractivity contribution in [1.82, 2.24) is 21.0 Å². The van der Waals surface area contributed by atoms with E-state index in [4.69, 9.17) is 4.84 Å². The van der Waals surface area contributed by atoms with Crippen molar-refractivity contribution in [2.45, 2.75) is 24.9 Å². The van der Waals surface area contributed by atoms with Crippen LogP contribution in [0.4, 0.5) is 11.5 Å². The molecule has 1 unspecified atom stereocenters. The van der Waals surface area contributed by atoms with Gasteiger partial charge in [-0.2, -0.15) is 5.10 Å². The molecule has 0 saturated heterocycles. The summed E-state index contributed by atoms with van der Waals surface area (Å²) in [5.74, 6) is 0.395. The number of aromatic amines is 1. The van der Waals surface area contributed by atoms with Crippen molar-refractivity contribution >= 4 is 34.6 Å². The molecule has 1 amide bonds. The lowest BCUT2D eigenvalue weighted by Crippen LogP contribution is -2.38. The fourth-order valence-corrected chi connectivity index (χ4v) is 3.69. The number of nitro benzene ring substituents is 1. The number of anilines is 1. The summed E-state index contributed by atoms with van der Waals surface area (Å²) in [7, 11) is 0. The quantitative estimate of drug-likeness (QED) is 0.200. The Hall–Kier alpha value is -4.32. The standard InChI is InChI=1S/C22H23N7O5/c30-19(9-10-22(25-14-34-28-22)15-5-3-6-16(13-15)29(32)33)23-11-4-12-24-20-17-7-1-2-8-18(17)21(31)27-26-20/h1-3,5-8,13-14,28H,4,9-12H2,(H,23,30)(H,24,26)(H,27,31). The number of hydroxylamine groups is 1. The number of benzene rings is 2. The molecule has 4 rings (SSSR count). The lowest BCUT2D eigenvalue weighted by molar-refractivity contribution is -0.385. The molecule has 1 atom stereocenters. The average Bonchev–Trinajstić information content (AvgIpc) is 3.34. The topological polar surface area (TPSA) is 164 Å². The highest BCUT2D eigenvalue weighted by Crippen LogP contribution is 2.32. The van der Waals surface area contributed by atoms with E-state index in [0.717, 1.165) is 5.39 Å². The Balaban J connectivity index is 1.26. The zero-order valence-corrected chi connectivity index (χ0v) is 18.1. The summed E-state index contributed by atoms with van der Waals surface area (Å²) < 4.78 is 0. The third-order valence-electron chi connectivity index (χ3n) is 5.47. The Kier molecular flexibility index (Phi) is 6.78. The van der Waals surface area contributed by atoms with Gasteiger partial charge in [0.25, 0.3) is 11.2 Å². The van der Waals surface area contributed by atoms with Crippen molar-refractivity contribution in [2.75, 3.05) is 18.4 Å². The number of non-ortho nitro benzene ring substituents is 1. The molecule has 3 aromatic rings. The number of rotatable bonds is 10. The minimum Gasteiger partial charge on any atom is -0.394 e. The number of fused-ring (bicyclic) bond motifs is 1. The lowest BCUT2D eigenvalue weighted by Gasteiger charge is -2.24. The van der Waals surface area contributed by atoms with Crippen LogP contribution in [0.15, 0.2) is 58.3 Å². The van der Waals surface area contributed by atoms with Gasteiger partial charge in [-0.15, -0.1) is 5.48 Å². The van der Waals surface area contributed by atoms with Crippen LogP contribution in [0.1, 0.15) is 24.8 Å². The van der Waals surface area contributed by atoms with Crippen LogP contribution < -0.4 is 21.7 Å². The van der Waals surface area contributed by atoms with Crippen LogP contribution in [-0.4, -0.2) is 40.5 Å². The minimum atomic E-state index is -1.07. The van der Waals surface area contributed by atoms with E-state index in [2.05, 4.69) is 31.3 Å². The average molecular weight is 465 g/mol. The number of amides is 1. The van der Waals surface area contributed by atoms with E-state index < -0.39 is 10.6 Å². The van der Waals surface area contributed by atoms with Gasteiger partial charge in [0.2, 0.25) is 5.91 Å². The van der Waals surface area contributed by atoms with Crippen molar-refractivity contribution in [3.8, 4) is 0 Å². The number of nitrogens with one attached hydrogen (secondary N) is 4. The molecule has 0 bridgehead atoms. The van der Waals surface area contributed by atoms with E-state index >= 15 is 0 Å². The smallest absolute Gasteiger partial charge is 0.272 e. The highest BCUT2D eigenvalue weighted by molar-refractivity contribution is 5.90. The Morgan fingerprint density at radius 2 is 1.97 bits per heavy atom. The Labute approximate surface area is 193 Å². The van der Waals surface area contributed by atoms with Gasteiger partial charge in [-0.25, -0.2) is 10.1 Å². The highest BCUT2D eigenvalue weighted by atomic mass is 16.7. The summed E-state index contributed by atoms with van der Waals surface area (Å²) in [6, 6.07) is 13.3. The summed E-state index contributed by atoms with van der Waals surface area (Å²) in [4.78, 5) is 44.2. The van der Waals surface area contributed by atoms with Crippen LogP contribution in [0, 0.1) is 10.1 Å². The number of hydrogen-bond acceptors (Lipinski definition) is 9. The van der Waals surface area contributed by atoms with Crippen molar-refractivity contribution in [1.29, 1.82) is 0 Å². The number of nitro groups is 1. The van der Waals surface area contributed by atoms with Crippen LogP contribution in [-0.2, 0) is 15.3 Å². The second-order valence-corrected chi connectivity index (χ2v) is 7.70. The Morgan fingerprint density at radius 1 is 1.15 bits per heavy atom. The maximum Gasteiger partial charge on any atom is 0.272 e. The van der Waals surface area contributed by atoms with Crippen LogP contribution in [0.5, 0.6) is 0 Å². The molecule has 1 aromatic heterocycles. The number of H-pyrrole nitrogens is 1. The highest BCUT2D eigenvalue weighted by Gasteiger charge is 2.36. The molecule has 0 fully saturated rings. The molecule has 34 heavy (non-hydrogen) atoms. The van der Waals surface area contributed by atoms with Gasteiger partial charge >= 0.3 is 0 Å². The monoisotopic (exact) mass is 465 g/mol. The third-order valence-corrected chi connectivity index (χ3v) is 5.47. The summed E-state index contributed by atoms with van der Waals surface area (Å²) in [6.07, 6.45) is 2.24. The largest absolute Gasteiger partial charge is 0.394 e. The fourth-order valence-electron chi connectivity index (χ4n) is 3.69. The summed E-state index contributed by atoms with van der Waals surface area (Å²) in [6.45, 7) is 0.977. The maximum absolute atomic E-state index is 12.4. The molecule has 176 valence electrons. The molecule has 12 nitrogen and oxygen atoms in total. The number of carbonyl (C=O) groups is 1. The number of aromatic nitrogens is 2. The van der Waals surface area contributed by atoms with E-state index in [1.54, 1.807) is 24.3 Å². The molecular weight excluding hydrogens is 442 g/mol. The van der Waals surface area contributed by atoms with Crippen LogP contribution in [0.2, 0.25) is 0 Å². The molecule has 0 spiro atoms. The zero-order chi connectivity index (χ0) is 24.0. The normalized spacial score (nSPS) is 16.8. The van der Waals surface area contributed by atoms with Gasteiger partial charge < -0.3 is 15.5 Å². The zero-order valence-electron chi connectivity index (χ0n) is 18.1. The first-order valence-corrected chi connectivity index (χ1v) is 10.7. The van der Waals surface area contributed by atoms with E-state index in [9.17, 15) is 19.7 Å². The number of nitrogens with zero attached hydrogens (tertiary/aromatic N) is 3. The lowest BCUT2D eigenvalue weighted by atomic mass is 9.95. The minimum absolute atomic E-state index is 0.0671. The molecule has 12 heteroatoms. The Morgan fingerprint density at radius 3 is 2.74 bits per heavy atom. The molecule has 0 radical (unpaired) electrons. The van der Waals surface area contributed by atoms with Gasteiger partial charge in [0.05, 0.1) is 10.3 Å². The Bertz CT molecular complexity index is 1290.